The zero-order valence-electron chi connectivity index (χ0n) is 12.4. The SMILES string of the molecule is CCC(C)N(CC)c1ncc(CC(C)N)cc1C. The molecule has 1 aromatic rings. The van der Waals surface area contributed by atoms with E-state index in [1.807, 2.05) is 13.1 Å². The van der Waals surface area contributed by atoms with Crippen LogP contribution in [0.4, 0.5) is 5.82 Å². The second-order valence-electron chi connectivity index (χ2n) is 5.21. The van der Waals surface area contributed by atoms with Gasteiger partial charge in [0.1, 0.15) is 5.82 Å². The highest BCUT2D eigenvalue weighted by Crippen LogP contribution is 2.21. The van der Waals surface area contributed by atoms with Crippen LogP contribution in [-0.2, 0) is 6.42 Å². The number of anilines is 1. The maximum absolute atomic E-state index is 5.83. The Labute approximate surface area is 111 Å². The fourth-order valence-electron chi connectivity index (χ4n) is 2.30. The van der Waals surface area contributed by atoms with Crippen molar-refractivity contribution >= 4 is 5.82 Å². The monoisotopic (exact) mass is 249 g/mol. The first-order chi connectivity index (χ1) is 8.49. The number of aromatic nitrogens is 1. The molecule has 0 bridgehead atoms. The van der Waals surface area contributed by atoms with Crippen LogP contribution in [0.2, 0.25) is 0 Å². The number of nitrogens with two attached hydrogens (primary N) is 1. The molecule has 0 aliphatic carbocycles. The van der Waals surface area contributed by atoms with Gasteiger partial charge in [-0.3, -0.25) is 0 Å². The van der Waals surface area contributed by atoms with Crippen molar-refractivity contribution in [2.45, 2.75) is 59.5 Å². The molecular weight excluding hydrogens is 222 g/mol. The maximum atomic E-state index is 5.83. The Hall–Kier alpha value is -1.09. The summed E-state index contributed by atoms with van der Waals surface area (Å²) in [6.45, 7) is 11.8. The molecule has 1 heterocycles. The van der Waals surface area contributed by atoms with E-state index in [0.29, 0.717) is 6.04 Å². The number of pyridine rings is 1. The molecule has 2 atom stereocenters. The van der Waals surface area contributed by atoms with E-state index in [1.165, 1.54) is 11.1 Å². The van der Waals surface area contributed by atoms with Gasteiger partial charge in [0.15, 0.2) is 0 Å². The van der Waals surface area contributed by atoms with Gasteiger partial charge in [-0.15, -0.1) is 0 Å². The smallest absolute Gasteiger partial charge is 0.131 e. The fraction of sp³-hybridized carbons (Fsp3) is 0.667. The van der Waals surface area contributed by atoms with Crippen LogP contribution in [0.25, 0.3) is 0 Å². The summed E-state index contributed by atoms with van der Waals surface area (Å²) in [5.74, 6) is 1.11. The van der Waals surface area contributed by atoms with E-state index in [-0.39, 0.29) is 6.04 Å². The number of rotatable bonds is 6. The molecule has 1 rings (SSSR count). The van der Waals surface area contributed by atoms with Gasteiger partial charge in [0.05, 0.1) is 0 Å². The van der Waals surface area contributed by atoms with Crippen molar-refractivity contribution < 1.29 is 0 Å². The largest absolute Gasteiger partial charge is 0.354 e. The normalized spacial score (nSPS) is 14.3. The van der Waals surface area contributed by atoms with Gasteiger partial charge in [-0.05, 0) is 51.7 Å². The molecule has 0 fully saturated rings. The molecule has 18 heavy (non-hydrogen) atoms. The molecule has 0 saturated heterocycles. The van der Waals surface area contributed by atoms with Gasteiger partial charge >= 0.3 is 0 Å². The van der Waals surface area contributed by atoms with Crippen LogP contribution in [0.3, 0.4) is 0 Å². The molecule has 0 saturated carbocycles. The van der Waals surface area contributed by atoms with Crippen molar-refractivity contribution in [2.24, 2.45) is 5.73 Å². The summed E-state index contributed by atoms with van der Waals surface area (Å²) in [4.78, 5) is 7.01. The predicted molar refractivity (Wildman–Crippen MR) is 79.1 cm³/mol. The number of hydrogen-bond donors (Lipinski definition) is 1. The Morgan fingerprint density at radius 2 is 2.00 bits per heavy atom. The van der Waals surface area contributed by atoms with E-state index in [9.17, 15) is 0 Å². The third-order valence-corrected chi connectivity index (χ3v) is 3.40. The van der Waals surface area contributed by atoms with Gasteiger partial charge in [0.25, 0.3) is 0 Å². The molecule has 3 heteroatoms. The van der Waals surface area contributed by atoms with Crippen molar-refractivity contribution in [3.63, 3.8) is 0 Å². The summed E-state index contributed by atoms with van der Waals surface area (Å²) >= 11 is 0. The van der Waals surface area contributed by atoms with Crippen LogP contribution in [0.5, 0.6) is 0 Å². The highest BCUT2D eigenvalue weighted by atomic mass is 15.2. The summed E-state index contributed by atoms with van der Waals surface area (Å²) in [7, 11) is 0. The van der Waals surface area contributed by atoms with Crippen molar-refractivity contribution in [3.8, 4) is 0 Å². The molecular formula is C15H27N3. The lowest BCUT2D eigenvalue weighted by molar-refractivity contribution is 0.620. The van der Waals surface area contributed by atoms with E-state index < -0.39 is 0 Å². The first-order valence-corrected chi connectivity index (χ1v) is 6.97. The molecule has 0 aliphatic heterocycles. The Kier molecular flexibility index (Phi) is 5.60. The second-order valence-corrected chi connectivity index (χ2v) is 5.21. The van der Waals surface area contributed by atoms with E-state index in [2.05, 4.69) is 43.6 Å². The highest BCUT2D eigenvalue weighted by molar-refractivity contribution is 5.48. The molecule has 1 aromatic heterocycles. The summed E-state index contributed by atoms with van der Waals surface area (Å²) in [6.07, 6.45) is 4.00. The quantitative estimate of drug-likeness (QED) is 0.843. The van der Waals surface area contributed by atoms with Crippen LogP contribution >= 0.6 is 0 Å². The Morgan fingerprint density at radius 3 is 2.44 bits per heavy atom. The molecule has 2 unspecified atom stereocenters. The number of nitrogens with zero attached hydrogens (tertiary/aromatic N) is 2. The van der Waals surface area contributed by atoms with Gasteiger partial charge < -0.3 is 10.6 Å². The molecule has 0 aromatic carbocycles. The Morgan fingerprint density at radius 1 is 1.33 bits per heavy atom. The van der Waals surface area contributed by atoms with Crippen LogP contribution in [-0.4, -0.2) is 23.6 Å². The first kappa shape index (κ1) is 15.0. The lowest BCUT2D eigenvalue weighted by Gasteiger charge is -2.29. The van der Waals surface area contributed by atoms with Crippen molar-refractivity contribution in [3.05, 3.63) is 23.4 Å². The predicted octanol–water partition coefficient (Wildman–Crippen LogP) is 2.90. The lowest BCUT2D eigenvalue weighted by atomic mass is 10.1. The maximum Gasteiger partial charge on any atom is 0.131 e. The Balaban J connectivity index is 2.96. The second kappa shape index (κ2) is 6.74. The van der Waals surface area contributed by atoms with E-state index in [0.717, 1.165) is 25.2 Å². The average Bonchev–Trinajstić information content (AvgIpc) is 2.31. The highest BCUT2D eigenvalue weighted by Gasteiger charge is 2.14. The summed E-state index contributed by atoms with van der Waals surface area (Å²) in [6, 6.07) is 2.94. The third-order valence-electron chi connectivity index (χ3n) is 3.40. The summed E-state index contributed by atoms with van der Waals surface area (Å²) < 4.78 is 0. The molecule has 0 amide bonds. The zero-order valence-corrected chi connectivity index (χ0v) is 12.4. The van der Waals surface area contributed by atoms with Gasteiger partial charge in [0.2, 0.25) is 0 Å². The molecule has 102 valence electrons. The van der Waals surface area contributed by atoms with E-state index in [4.69, 9.17) is 5.73 Å². The van der Waals surface area contributed by atoms with Crippen LogP contribution in [0.1, 0.15) is 45.2 Å². The summed E-state index contributed by atoms with van der Waals surface area (Å²) in [5, 5.41) is 0. The molecule has 3 nitrogen and oxygen atoms in total. The minimum atomic E-state index is 0.189. The number of hydrogen-bond acceptors (Lipinski definition) is 3. The first-order valence-electron chi connectivity index (χ1n) is 6.97. The Bertz CT molecular complexity index is 374. The topological polar surface area (TPSA) is 42.2 Å². The fourth-order valence-corrected chi connectivity index (χ4v) is 2.30. The molecule has 0 aliphatic rings. The third kappa shape index (κ3) is 3.70. The van der Waals surface area contributed by atoms with Crippen LogP contribution in [0, 0.1) is 6.92 Å². The zero-order chi connectivity index (χ0) is 13.7. The number of aryl methyl sites for hydroxylation is 1. The van der Waals surface area contributed by atoms with E-state index in [1.54, 1.807) is 0 Å². The van der Waals surface area contributed by atoms with Gasteiger partial charge in [-0.25, -0.2) is 4.98 Å². The molecule has 0 radical (unpaired) electrons. The van der Waals surface area contributed by atoms with Gasteiger partial charge in [0, 0.05) is 24.8 Å². The standard InChI is InChI=1S/C15H27N3/c1-6-13(5)18(7-2)15-11(3)8-14(10-17-15)9-12(4)16/h8,10,12-13H,6-7,9,16H2,1-5H3. The van der Waals surface area contributed by atoms with Gasteiger partial charge in [-0.2, -0.15) is 0 Å². The van der Waals surface area contributed by atoms with Crippen molar-refractivity contribution in [1.29, 1.82) is 0 Å². The molecule has 0 spiro atoms. The molecule has 2 N–H and O–H groups in total. The minimum Gasteiger partial charge on any atom is -0.354 e. The van der Waals surface area contributed by atoms with Crippen LogP contribution < -0.4 is 10.6 Å². The average molecular weight is 249 g/mol. The van der Waals surface area contributed by atoms with Crippen molar-refractivity contribution in [1.82, 2.24) is 4.98 Å². The van der Waals surface area contributed by atoms with Gasteiger partial charge in [-0.1, -0.05) is 13.0 Å². The van der Waals surface area contributed by atoms with Crippen LogP contribution in [0.15, 0.2) is 12.3 Å². The van der Waals surface area contributed by atoms with Crippen molar-refractivity contribution in [2.75, 3.05) is 11.4 Å². The van der Waals surface area contributed by atoms with E-state index >= 15 is 0 Å². The minimum absolute atomic E-state index is 0.189. The summed E-state index contributed by atoms with van der Waals surface area (Å²) in [5.41, 5.74) is 8.30. The lowest BCUT2D eigenvalue weighted by Crippen LogP contribution is -2.33.